The molecule has 1 aromatic heterocycles. The van der Waals surface area contributed by atoms with E-state index in [0.29, 0.717) is 0 Å². The first-order valence-corrected chi connectivity index (χ1v) is 7.73. The van der Waals surface area contributed by atoms with Crippen LogP contribution in [-0.2, 0) is 4.79 Å². The Bertz CT molecular complexity index is 520. The zero-order valence-electron chi connectivity index (χ0n) is 11.6. The van der Waals surface area contributed by atoms with Gasteiger partial charge in [-0.1, -0.05) is 0 Å². The standard InChI is InChI=1S/C17H21NO2/c19-16(20)7-14(15-2-1-3-18-15)17-8-11-4-12(9-17)6-13(5-11)10-17/h1-3,7,11-13,18H,4-6,8-10H2,(H,19,20)/b14-7-. The van der Waals surface area contributed by atoms with Crippen molar-refractivity contribution in [2.24, 2.45) is 23.2 Å². The Balaban J connectivity index is 1.78. The molecule has 20 heavy (non-hydrogen) atoms. The van der Waals surface area contributed by atoms with E-state index in [1.807, 2.05) is 18.3 Å². The molecule has 0 saturated heterocycles. The van der Waals surface area contributed by atoms with Gasteiger partial charge in [0.15, 0.2) is 0 Å². The van der Waals surface area contributed by atoms with Crippen LogP contribution in [0.3, 0.4) is 0 Å². The summed E-state index contributed by atoms with van der Waals surface area (Å²) < 4.78 is 0. The van der Waals surface area contributed by atoms with Gasteiger partial charge < -0.3 is 10.1 Å². The van der Waals surface area contributed by atoms with Crippen molar-refractivity contribution in [1.82, 2.24) is 4.98 Å². The zero-order valence-corrected chi connectivity index (χ0v) is 11.6. The third-order valence-electron chi connectivity index (χ3n) is 5.77. The van der Waals surface area contributed by atoms with Gasteiger partial charge in [0.05, 0.1) is 0 Å². The predicted octanol–water partition coefficient (Wildman–Crippen LogP) is 3.70. The number of carboxylic acid groups (broad SMARTS) is 1. The van der Waals surface area contributed by atoms with E-state index >= 15 is 0 Å². The number of aromatic nitrogens is 1. The minimum absolute atomic E-state index is 0.123. The molecule has 3 nitrogen and oxygen atoms in total. The van der Waals surface area contributed by atoms with Crippen molar-refractivity contribution in [3.63, 3.8) is 0 Å². The van der Waals surface area contributed by atoms with Crippen LogP contribution in [0.5, 0.6) is 0 Å². The van der Waals surface area contributed by atoms with Crippen molar-refractivity contribution in [1.29, 1.82) is 0 Å². The van der Waals surface area contributed by atoms with E-state index in [4.69, 9.17) is 0 Å². The Hall–Kier alpha value is -1.51. The van der Waals surface area contributed by atoms with Gasteiger partial charge in [0.25, 0.3) is 0 Å². The van der Waals surface area contributed by atoms with Crippen molar-refractivity contribution < 1.29 is 9.90 Å². The quantitative estimate of drug-likeness (QED) is 0.824. The SMILES string of the molecule is O=C(O)/C=C(/c1ccc[nH]1)C12CC3CC(CC(C3)C1)C2. The van der Waals surface area contributed by atoms with Gasteiger partial charge in [-0.05, 0) is 79.4 Å². The summed E-state index contributed by atoms with van der Waals surface area (Å²) >= 11 is 0. The minimum Gasteiger partial charge on any atom is -0.478 e. The molecule has 0 unspecified atom stereocenters. The lowest BCUT2D eigenvalue weighted by Gasteiger charge is -2.57. The lowest BCUT2D eigenvalue weighted by atomic mass is 9.47. The summed E-state index contributed by atoms with van der Waals surface area (Å²) in [5, 5.41) is 9.29. The second kappa shape index (κ2) is 4.24. The number of hydrogen-bond acceptors (Lipinski definition) is 1. The highest BCUT2D eigenvalue weighted by atomic mass is 16.4. The topological polar surface area (TPSA) is 53.1 Å². The van der Waals surface area contributed by atoms with Gasteiger partial charge in [0, 0.05) is 18.0 Å². The van der Waals surface area contributed by atoms with Crippen molar-refractivity contribution >= 4 is 11.5 Å². The van der Waals surface area contributed by atoms with Crippen molar-refractivity contribution in [3.05, 3.63) is 30.1 Å². The number of carboxylic acids is 1. The Morgan fingerprint density at radius 2 is 1.80 bits per heavy atom. The maximum atomic E-state index is 11.3. The molecular formula is C17H21NO2. The van der Waals surface area contributed by atoms with Crippen LogP contribution in [0, 0.1) is 23.2 Å². The number of rotatable bonds is 3. The first kappa shape index (κ1) is 12.2. The second-order valence-corrected chi connectivity index (χ2v) is 7.18. The summed E-state index contributed by atoms with van der Waals surface area (Å²) in [5.74, 6) is 1.67. The smallest absolute Gasteiger partial charge is 0.328 e. The fourth-order valence-corrected chi connectivity index (χ4v) is 5.58. The highest BCUT2D eigenvalue weighted by Gasteiger charge is 2.52. The van der Waals surface area contributed by atoms with E-state index in [0.717, 1.165) is 29.0 Å². The molecule has 0 atom stereocenters. The molecule has 0 aliphatic heterocycles. The molecule has 4 saturated carbocycles. The maximum Gasteiger partial charge on any atom is 0.328 e. The molecule has 1 heterocycles. The van der Waals surface area contributed by atoms with Gasteiger partial charge >= 0.3 is 5.97 Å². The number of carbonyl (C=O) groups is 1. The number of aliphatic carboxylic acids is 1. The van der Waals surface area contributed by atoms with Gasteiger partial charge in [0.1, 0.15) is 0 Å². The van der Waals surface area contributed by atoms with E-state index in [9.17, 15) is 9.90 Å². The molecule has 0 aromatic carbocycles. The summed E-state index contributed by atoms with van der Waals surface area (Å²) in [5.41, 5.74) is 2.18. The summed E-state index contributed by atoms with van der Waals surface area (Å²) in [6.45, 7) is 0. The zero-order chi connectivity index (χ0) is 13.7. The van der Waals surface area contributed by atoms with Crippen LogP contribution in [0.25, 0.3) is 5.57 Å². The average Bonchev–Trinajstić information content (AvgIpc) is 2.87. The fraction of sp³-hybridized carbons (Fsp3) is 0.588. The molecule has 5 rings (SSSR count). The molecular weight excluding hydrogens is 250 g/mol. The summed E-state index contributed by atoms with van der Waals surface area (Å²) in [6.07, 6.45) is 11.1. The molecule has 0 radical (unpaired) electrons. The maximum absolute atomic E-state index is 11.3. The number of hydrogen-bond donors (Lipinski definition) is 2. The largest absolute Gasteiger partial charge is 0.478 e. The third-order valence-corrected chi connectivity index (χ3v) is 5.77. The molecule has 3 heteroatoms. The molecule has 0 amide bonds. The molecule has 1 aromatic rings. The summed E-state index contributed by atoms with van der Waals surface area (Å²) in [4.78, 5) is 14.5. The molecule has 4 aliphatic carbocycles. The lowest BCUT2D eigenvalue weighted by Crippen LogP contribution is -2.46. The number of aromatic amines is 1. The van der Waals surface area contributed by atoms with Crippen LogP contribution in [0.4, 0.5) is 0 Å². The normalized spacial score (nSPS) is 39.2. The van der Waals surface area contributed by atoms with E-state index in [2.05, 4.69) is 4.98 Å². The molecule has 106 valence electrons. The predicted molar refractivity (Wildman–Crippen MR) is 77.0 cm³/mol. The molecule has 4 aliphatic rings. The summed E-state index contributed by atoms with van der Waals surface area (Å²) in [7, 11) is 0. The van der Waals surface area contributed by atoms with Crippen molar-refractivity contribution in [2.75, 3.05) is 0 Å². The van der Waals surface area contributed by atoms with Gasteiger partial charge in [-0.25, -0.2) is 4.79 Å². The Morgan fingerprint density at radius 1 is 1.20 bits per heavy atom. The molecule has 4 bridgehead atoms. The summed E-state index contributed by atoms with van der Waals surface area (Å²) in [6, 6.07) is 3.99. The Labute approximate surface area is 119 Å². The van der Waals surface area contributed by atoms with Crippen LogP contribution in [0.15, 0.2) is 24.4 Å². The van der Waals surface area contributed by atoms with Crippen molar-refractivity contribution in [3.8, 4) is 0 Å². The first-order chi connectivity index (χ1) is 9.64. The molecule has 2 N–H and O–H groups in total. The van der Waals surface area contributed by atoms with Crippen LogP contribution in [0.2, 0.25) is 0 Å². The van der Waals surface area contributed by atoms with Gasteiger partial charge in [-0.15, -0.1) is 0 Å². The van der Waals surface area contributed by atoms with Crippen LogP contribution in [-0.4, -0.2) is 16.1 Å². The fourth-order valence-electron chi connectivity index (χ4n) is 5.58. The van der Waals surface area contributed by atoms with E-state index in [1.54, 1.807) is 0 Å². The monoisotopic (exact) mass is 271 g/mol. The van der Waals surface area contributed by atoms with E-state index in [1.165, 1.54) is 44.6 Å². The third kappa shape index (κ3) is 1.83. The first-order valence-electron chi connectivity index (χ1n) is 7.73. The number of H-pyrrole nitrogens is 1. The van der Waals surface area contributed by atoms with Crippen molar-refractivity contribution in [2.45, 2.75) is 38.5 Å². The Kier molecular flexibility index (Phi) is 2.60. The van der Waals surface area contributed by atoms with Crippen LogP contribution in [0.1, 0.15) is 44.2 Å². The lowest BCUT2D eigenvalue weighted by molar-refractivity contribution is -0.131. The average molecular weight is 271 g/mol. The Morgan fingerprint density at radius 3 is 2.25 bits per heavy atom. The van der Waals surface area contributed by atoms with Crippen LogP contribution >= 0.6 is 0 Å². The molecule has 4 fully saturated rings. The number of nitrogens with one attached hydrogen (secondary N) is 1. The van der Waals surface area contributed by atoms with E-state index in [-0.39, 0.29) is 5.41 Å². The van der Waals surface area contributed by atoms with Crippen LogP contribution < -0.4 is 0 Å². The van der Waals surface area contributed by atoms with Gasteiger partial charge in [0.2, 0.25) is 0 Å². The van der Waals surface area contributed by atoms with E-state index < -0.39 is 5.97 Å². The molecule has 0 spiro atoms. The highest BCUT2D eigenvalue weighted by Crippen LogP contribution is 2.64. The van der Waals surface area contributed by atoms with Gasteiger partial charge in [-0.3, -0.25) is 0 Å². The highest BCUT2D eigenvalue weighted by molar-refractivity contribution is 5.91. The van der Waals surface area contributed by atoms with Gasteiger partial charge in [-0.2, -0.15) is 0 Å². The second-order valence-electron chi connectivity index (χ2n) is 7.18. The number of allylic oxidation sites excluding steroid dienone is 1. The minimum atomic E-state index is -0.814.